The van der Waals surface area contributed by atoms with Crippen molar-refractivity contribution in [1.82, 2.24) is 20.9 Å². The summed E-state index contributed by atoms with van der Waals surface area (Å²) in [6, 6.07) is 0. The van der Waals surface area contributed by atoms with Crippen molar-refractivity contribution < 1.29 is 0 Å². The quantitative estimate of drug-likeness (QED) is 0.0651. The molecule has 0 radical (unpaired) electrons. The van der Waals surface area contributed by atoms with E-state index in [0.29, 0.717) is 11.3 Å². The Kier molecular flexibility index (Phi) is 20.2. The maximum Gasteiger partial charge on any atom is 0.0974 e. The minimum Gasteiger partial charge on any atom is -0.232 e. The summed E-state index contributed by atoms with van der Waals surface area (Å²) >= 11 is 0. The lowest BCUT2D eigenvalue weighted by Gasteiger charge is -2.17. The van der Waals surface area contributed by atoms with Crippen LogP contribution in [0.1, 0.15) is 207 Å². The van der Waals surface area contributed by atoms with Crippen molar-refractivity contribution in [3.8, 4) is 0 Å². The van der Waals surface area contributed by atoms with Gasteiger partial charge in [-0.3, -0.25) is 0 Å². The lowest BCUT2D eigenvalue weighted by Crippen LogP contribution is -2.26. The molecule has 40 heavy (non-hydrogen) atoms. The van der Waals surface area contributed by atoms with Crippen molar-refractivity contribution in [3.05, 3.63) is 0 Å². The molecule has 2 fully saturated rings. The minimum absolute atomic E-state index is 0.312. The second-order valence-corrected chi connectivity index (χ2v) is 13.7. The Morgan fingerprint density at radius 3 is 0.800 bits per heavy atom. The number of unbranched alkanes of at least 4 members (excludes halogenated alkanes) is 20. The molecule has 0 saturated carbocycles. The van der Waals surface area contributed by atoms with E-state index in [4.69, 9.17) is 0 Å². The molecule has 0 aromatic carbocycles. The van der Waals surface area contributed by atoms with Crippen molar-refractivity contribution in [3.63, 3.8) is 0 Å². The van der Waals surface area contributed by atoms with E-state index in [1.807, 2.05) is 0 Å². The molecule has 2 heterocycles. The smallest absolute Gasteiger partial charge is 0.0974 e. The number of hydrogen-bond acceptors (Lipinski definition) is 4. The van der Waals surface area contributed by atoms with E-state index in [-0.39, 0.29) is 0 Å². The van der Waals surface area contributed by atoms with Crippen LogP contribution in [0.4, 0.5) is 0 Å². The molecule has 0 aliphatic carbocycles. The fraction of sp³-hybridized carbons (Fsp3) is 1.00. The van der Waals surface area contributed by atoms with Crippen molar-refractivity contribution in [2.24, 2.45) is 0 Å². The van der Waals surface area contributed by atoms with Crippen LogP contribution in [-0.4, -0.2) is 34.4 Å². The van der Waals surface area contributed by atoms with E-state index < -0.39 is 0 Å². The van der Waals surface area contributed by atoms with Crippen LogP contribution < -0.4 is 10.9 Å². The average molecular weight is 563 g/mol. The van der Waals surface area contributed by atoms with Gasteiger partial charge in [0.1, 0.15) is 0 Å². The van der Waals surface area contributed by atoms with Gasteiger partial charge in [0.15, 0.2) is 0 Å². The zero-order valence-corrected chi connectivity index (χ0v) is 28.1. The summed E-state index contributed by atoms with van der Waals surface area (Å²) in [5, 5.41) is 5.29. The van der Waals surface area contributed by atoms with Gasteiger partial charge in [0.25, 0.3) is 0 Å². The first-order chi connectivity index (χ1) is 19.7. The SMILES string of the molecule is CCCCCCCCC1(CCCCCCCC)NN1CCN1NC1(CCCCCCCC)CCCCCCCC. The topological polar surface area (TPSA) is 49.9 Å². The largest absolute Gasteiger partial charge is 0.232 e. The molecule has 2 unspecified atom stereocenters. The molecule has 2 N–H and O–H groups in total. The second kappa shape index (κ2) is 22.4. The fourth-order valence-corrected chi connectivity index (χ4v) is 7.00. The van der Waals surface area contributed by atoms with Crippen LogP contribution in [-0.2, 0) is 0 Å². The summed E-state index contributed by atoms with van der Waals surface area (Å²) in [5.41, 5.74) is 8.46. The molecule has 2 saturated heterocycles. The number of hydrazine groups is 2. The standard InChI is InChI=1S/C36H74N4/c1-5-9-13-17-21-25-29-35(30-26-22-18-14-10-6-2)37-39(35)33-34-40-36(38-40,31-27-23-19-15-11-7-3)32-28-24-20-16-12-8-4/h37-38H,5-34H2,1-4H3. The second-order valence-electron chi connectivity index (χ2n) is 13.7. The number of hydrogen-bond donors (Lipinski definition) is 2. The first-order valence-corrected chi connectivity index (χ1v) is 18.8. The Hall–Kier alpha value is -0.160. The van der Waals surface area contributed by atoms with Gasteiger partial charge in [-0.1, -0.05) is 182 Å². The predicted octanol–water partition coefficient (Wildman–Crippen LogP) is 11.0. The normalized spacial score (nSPS) is 20.7. The highest BCUT2D eigenvalue weighted by atomic mass is 15.8. The third kappa shape index (κ3) is 14.8. The van der Waals surface area contributed by atoms with Crippen LogP contribution in [0.5, 0.6) is 0 Å². The number of nitrogens with one attached hydrogen (secondary N) is 2. The van der Waals surface area contributed by atoms with Crippen molar-refractivity contribution >= 4 is 0 Å². The molecule has 238 valence electrons. The van der Waals surface area contributed by atoms with Gasteiger partial charge in [0.2, 0.25) is 0 Å². The third-order valence-corrected chi connectivity index (χ3v) is 9.94. The summed E-state index contributed by atoms with van der Waals surface area (Å²) < 4.78 is 0. The molecule has 0 bridgehead atoms. The van der Waals surface area contributed by atoms with Gasteiger partial charge in [-0.2, -0.15) is 0 Å². The van der Waals surface area contributed by atoms with Gasteiger partial charge in [-0.25, -0.2) is 20.9 Å². The Bertz CT molecular complexity index is 497. The fourth-order valence-electron chi connectivity index (χ4n) is 7.00. The summed E-state index contributed by atoms with van der Waals surface area (Å²) in [4.78, 5) is 0. The zero-order valence-electron chi connectivity index (χ0n) is 28.1. The van der Waals surface area contributed by atoms with Crippen LogP contribution in [0.15, 0.2) is 0 Å². The molecule has 2 rings (SSSR count). The summed E-state index contributed by atoms with van der Waals surface area (Å²) in [7, 11) is 0. The molecule has 4 heteroatoms. The zero-order chi connectivity index (χ0) is 28.8. The number of rotatable bonds is 31. The molecular weight excluding hydrogens is 488 g/mol. The molecule has 4 nitrogen and oxygen atoms in total. The van der Waals surface area contributed by atoms with E-state index in [9.17, 15) is 0 Å². The van der Waals surface area contributed by atoms with E-state index in [0.717, 1.165) is 0 Å². The Morgan fingerprint density at radius 1 is 0.325 bits per heavy atom. The molecule has 0 aromatic rings. The monoisotopic (exact) mass is 563 g/mol. The first kappa shape index (κ1) is 36.0. The van der Waals surface area contributed by atoms with Gasteiger partial charge in [-0.05, 0) is 25.7 Å². The third-order valence-electron chi connectivity index (χ3n) is 9.94. The Labute approximate surface area is 252 Å². The summed E-state index contributed by atoms with van der Waals surface area (Å²) in [6.45, 7) is 11.6. The van der Waals surface area contributed by atoms with Crippen LogP contribution in [0.2, 0.25) is 0 Å². The highest BCUT2D eigenvalue weighted by molar-refractivity contribution is 5.01. The Morgan fingerprint density at radius 2 is 0.550 bits per heavy atom. The highest BCUT2D eigenvalue weighted by Crippen LogP contribution is 2.39. The first-order valence-electron chi connectivity index (χ1n) is 18.8. The summed E-state index contributed by atoms with van der Waals surface area (Å²) in [6.07, 6.45) is 39.1. The van der Waals surface area contributed by atoms with Crippen LogP contribution in [0.25, 0.3) is 0 Å². The van der Waals surface area contributed by atoms with Crippen LogP contribution >= 0.6 is 0 Å². The van der Waals surface area contributed by atoms with Crippen molar-refractivity contribution in [2.75, 3.05) is 13.1 Å². The molecule has 2 atom stereocenters. The van der Waals surface area contributed by atoms with Crippen molar-refractivity contribution in [1.29, 1.82) is 0 Å². The molecule has 2 aliphatic rings. The predicted molar refractivity (Wildman–Crippen MR) is 177 cm³/mol. The molecule has 2 aliphatic heterocycles. The molecule has 0 spiro atoms. The van der Waals surface area contributed by atoms with Gasteiger partial charge in [-0.15, -0.1) is 0 Å². The summed E-state index contributed by atoms with van der Waals surface area (Å²) in [5.74, 6) is 0. The van der Waals surface area contributed by atoms with Gasteiger partial charge in [0, 0.05) is 13.1 Å². The van der Waals surface area contributed by atoms with Gasteiger partial charge in [0.05, 0.1) is 11.3 Å². The Balaban J connectivity index is 1.77. The van der Waals surface area contributed by atoms with Crippen LogP contribution in [0, 0.1) is 0 Å². The van der Waals surface area contributed by atoms with Gasteiger partial charge >= 0.3 is 0 Å². The van der Waals surface area contributed by atoms with Crippen molar-refractivity contribution in [2.45, 2.75) is 219 Å². The lowest BCUT2D eigenvalue weighted by molar-refractivity contribution is 0.289. The molecule has 0 amide bonds. The maximum absolute atomic E-state index is 3.92. The van der Waals surface area contributed by atoms with E-state index >= 15 is 0 Å². The molecular formula is C36H74N4. The minimum atomic E-state index is 0.312. The van der Waals surface area contributed by atoms with E-state index in [1.54, 1.807) is 0 Å². The van der Waals surface area contributed by atoms with E-state index in [2.05, 4.69) is 48.6 Å². The van der Waals surface area contributed by atoms with E-state index in [1.165, 1.54) is 193 Å². The molecule has 0 aromatic heterocycles. The lowest BCUT2D eigenvalue weighted by atomic mass is 9.97. The highest BCUT2D eigenvalue weighted by Gasteiger charge is 2.53. The van der Waals surface area contributed by atoms with Gasteiger partial charge < -0.3 is 0 Å². The maximum atomic E-state index is 3.92. The average Bonchev–Trinajstić information content (AvgIpc) is 3.85. The van der Waals surface area contributed by atoms with Crippen LogP contribution in [0.3, 0.4) is 0 Å². The number of nitrogens with zero attached hydrogens (tertiary/aromatic N) is 2.